The molecule has 0 fully saturated rings. The van der Waals surface area contributed by atoms with Crippen molar-refractivity contribution in [2.75, 3.05) is 6.61 Å². The summed E-state index contributed by atoms with van der Waals surface area (Å²) in [5.41, 5.74) is 2.54. The van der Waals surface area contributed by atoms with E-state index in [0.29, 0.717) is 18.7 Å². The Morgan fingerprint density at radius 3 is 3.00 bits per heavy atom. The van der Waals surface area contributed by atoms with Crippen LogP contribution in [0.15, 0.2) is 30.5 Å². The number of H-pyrrole nitrogens is 1. The number of rotatable bonds is 6. The molecule has 2 aromatic rings. The van der Waals surface area contributed by atoms with E-state index in [1.165, 1.54) is 0 Å². The zero-order valence-corrected chi connectivity index (χ0v) is 11.8. The van der Waals surface area contributed by atoms with Crippen molar-refractivity contribution in [3.63, 3.8) is 0 Å². The predicted molar refractivity (Wildman–Crippen MR) is 76.7 cm³/mol. The van der Waals surface area contributed by atoms with Crippen LogP contribution in [0.1, 0.15) is 35.0 Å². The van der Waals surface area contributed by atoms with Crippen LogP contribution in [-0.4, -0.2) is 22.7 Å². The Morgan fingerprint density at radius 2 is 2.30 bits per heavy atom. The maximum Gasteiger partial charge on any atom is 0.251 e. The van der Waals surface area contributed by atoms with Crippen molar-refractivity contribution in [3.8, 4) is 5.75 Å². The summed E-state index contributed by atoms with van der Waals surface area (Å²) in [6.07, 6.45) is 2.66. The quantitative estimate of drug-likeness (QED) is 0.849. The van der Waals surface area contributed by atoms with Gasteiger partial charge in [0.1, 0.15) is 5.75 Å². The van der Waals surface area contributed by atoms with E-state index in [4.69, 9.17) is 4.74 Å². The van der Waals surface area contributed by atoms with Gasteiger partial charge in [-0.25, -0.2) is 0 Å². The van der Waals surface area contributed by atoms with Gasteiger partial charge in [0.15, 0.2) is 0 Å². The number of carbonyl (C=O) groups excluding carboxylic acids is 1. The molecule has 5 nitrogen and oxygen atoms in total. The van der Waals surface area contributed by atoms with Gasteiger partial charge in [-0.05, 0) is 31.5 Å². The topological polar surface area (TPSA) is 67.0 Å². The summed E-state index contributed by atoms with van der Waals surface area (Å²) >= 11 is 0. The summed E-state index contributed by atoms with van der Waals surface area (Å²) in [5.74, 6) is 0.603. The highest BCUT2D eigenvalue weighted by Gasteiger charge is 2.08. The minimum atomic E-state index is -0.118. The fourth-order valence-corrected chi connectivity index (χ4v) is 1.78. The van der Waals surface area contributed by atoms with E-state index in [0.717, 1.165) is 23.4 Å². The third-order valence-corrected chi connectivity index (χ3v) is 2.94. The summed E-state index contributed by atoms with van der Waals surface area (Å²) in [4.78, 5) is 12.1. The van der Waals surface area contributed by atoms with E-state index in [9.17, 15) is 4.79 Å². The molecule has 0 atom stereocenters. The number of aromatic amines is 1. The van der Waals surface area contributed by atoms with E-state index in [-0.39, 0.29) is 5.91 Å². The molecule has 0 spiro atoms. The lowest BCUT2D eigenvalue weighted by Gasteiger charge is -2.08. The summed E-state index contributed by atoms with van der Waals surface area (Å²) in [6.45, 7) is 5.08. The molecule has 2 rings (SSSR count). The summed E-state index contributed by atoms with van der Waals surface area (Å²) in [7, 11) is 0. The second kappa shape index (κ2) is 6.75. The second-order valence-electron chi connectivity index (χ2n) is 4.58. The summed E-state index contributed by atoms with van der Waals surface area (Å²) < 4.78 is 5.52. The first-order valence-corrected chi connectivity index (χ1v) is 6.70. The number of aromatic nitrogens is 2. The fraction of sp³-hybridized carbons (Fsp3) is 0.333. The molecule has 1 aromatic heterocycles. The molecule has 0 aliphatic rings. The molecular formula is C15H19N3O2. The normalized spacial score (nSPS) is 10.3. The first-order chi connectivity index (χ1) is 9.70. The molecule has 2 N–H and O–H groups in total. The number of ether oxygens (including phenoxy) is 1. The number of hydrogen-bond donors (Lipinski definition) is 2. The highest BCUT2D eigenvalue weighted by Crippen LogP contribution is 2.13. The Balaban J connectivity index is 1.96. The third kappa shape index (κ3) is 3.60. The van der Waals surface area contributed by atoms with Crippen LogP contribution in [0.2, 0.25) is 0 Å². The van der Waals surface area contributed by atoms with Crippen molar-refractivity contribution in [2.24, 2.45) is 0 Å². The Bertz CT molecular complexity index is 578. The maximum absolute atomic E-state index is 12.1. The smallest absolute Gasteiger partial charge is 0.251 e. The second-order valence-corrected chi connectivity index (χ2v) is 4.58. The zero-order valence-electron chi connectivity index (χ0n) is 11.8. The average molecular weight is 273 g/mol. The van der Waals surface area contributed by atoms with Crippen molar-refractivity contribution in [1.82, 2.24) is 15.5 Å². The molecular weight excluding hydrogens is 254 g/mol. The fourth-order valence-electron chi connectivity index (χ4n) is 1.78. The van der Waals surface area contributed by atoms with E-state index in [2.05, 4.69) is 15.5 Å². The van der Waals surface area contributed by atoms with Gasteiger partial charge in [-0.1, -0.05) is 13.0 Å². The first kappa shape index (κ1) is 14.1. The Kier molecular flexibility index (Phi) is 4.76. The molecule has 0 aliphatic heterocycles. The van der Waals surface area contributed by atoms with E-state index < -0.39 is 0 Å². The lowest BCUT2D eigenvalue weighted by molar-refractivity contribution is 0.0950. The minimum Gasteiger partial charge on any atom is -0.494 e. The number of carbonyl (C=O) groups is 1. The van der Waals surface area contributed by atoms with Gasteiger partial charge in [0.2, 0.25) is 0 Å². The van der Waals surface area contributed by atoms with Gasteiger partial charge in [-0.2, -0.15) is 5.10 Å². The van der Waals surface area contributed by atoms with Crippen LogP contribution in [0.5, 0.6) is 5.75 Å². The van der Waals surface area contributed by atoms with Gasteiger partial charge in [0.05, 0.1) is 12.8 Å². The van der Waals surface area contributed by atoms with Crippen LogP contribution in [0, 0.1) is 6.92 Å². The van der Waals surface area contributed by atoms with Crippen LogP contribution in [0.3, 0.4) is 0 Å². The van der Waals surface area contributed by atoms with Crippen LogP contribution < -0.4 is 10.1 Å². The lowest BCUT2D eigenvalue weighted by Crippen LogP contribution is -2.22. The van der Waals surface area contributed by atoms with Gasteiger partial charge in [0.25, 0.3) is 5.91 Å². The number of amides is 1. The molecule has 20 heavy (non-hydrogen) atoms. The van der Waals surface area contributed by atoms with Crippen LogP contribution in [-0.2, 0) is 6.54 Å². The predicted octanol–water partition coefficient (Wildman–Crippen LogP) is 2.44. The van der Waals surface area contributed by atoms with Gasteiger partial charge in [0, 0.05) is 23.4 Å². The standard InChI is InChI=1S/C15H19N3O2/c1-3-7-20-14-6-4-5-12(8-14)15(19)16-9-13-10-17-18-11(13)2/h4-6,8,10H,3,7,9H2,1-2H3,(H,16,19)(H,17,18). The number of hydrogen-bond acceptors (Lipinski definition) is 3. The van der Waals surface area contributed by atoms with Gasteiger partial charge >= 0.3 is 0 Å². The van der Waals surface area contributed by atoms with Gasteiger partial charge in [-0.15, -0.1) is 0 Å². The lowest BCUT2D eigenvalue weighted by atomic mass is 10.2. The van der Waals surface area contributed by atoms with E-state index in [1.807, 2.05) is 26.0 Å². The van der Waals surface area contributed by atoms with Crippen LogP contribution >= 0.6 is 0 Å². The van der Waals surface area contributed by atoms with Gasteiger partial charge < -0.3 is 10.1 Å². The van der Waals surface area contributed by atoms with Crippen molar-refractivity contribution < 1.29 is 9.53 Å². The molecule has 1 heterocycles. The molecule has 106 valence electrons. The van der Waals surface area contributed by atoms with Crippen molar-refractivity contribution in [3.05, 3.63) is 47.3 Å². The first-order valence-electron chi connectivity index (χ1n) is 6.70. The minimum absolute atomic E-state index is 0.118. The van der Waals surface area contributed by atoms with Gasteiger partial charge in [-0.3, -0.25) is 9.89 Å². The van der Waals surface area contributed by atoms with E-state index >= 15 is 0 Å². The number of nitrogens with one attached hydrogen (secondary N) is 2. The van der Waals surface area contributed by atoms with Crippen molar-refractivity contribution in [2.45, 2.75) is 26.8 Å². The Hall–Kier alpha value is -2.30. The summed E-state index contributed by atoms with van der Waals surface area (Å²) in [5, 5.41) is 9.64. The molecule has 5 heteroatoms. The molecule has 0 aliphatic carbocycles. The van der Waals surface area contributed by atoms with E-state index in [1.54, 1.807) is 18.3 Å². The van der Waals surface area contributed by atoms with Crippen molar-refractivity contribution in [1.29, 1.82) is 0 Å². The molecule has 0 unspecified atom stereocenters. The van der Waals surface area contributed by atoms with Crippen LogP contribution in [0.4, 0.5) is 0 Å². The number of benzene rings is 1. The number of aryl methyl sites for hydroxylation is 1. The largest absolute Gasteiger partial charge is 0.494 e. The SMILES string of the molecule is CCCOc1cccc(C(=O)NCc2cn[nH]c2C)c1. The molecule has 0 bridgehead atoms. The van der Waals surface area contributed by atoms with Crippen LogP contribution in [0.25, 0.3) is 0 Å². The summed E-state index contributed by atoms with van der Waals surface area (Å²) in [6, 6.07) is 7.21. The monoisotopic (exact) mass is 273 g/mol. The maximum atomic E-state index is 12.1. The van der Waals surface area contributed by atoms with Crippen molar-refractivity contribution >= 4 is 5.91 Å². The molecule has 1 amide bonds. The molecule has 0 saturated carbocycles. The molecule has 0 radical (unpaired) electrons. The Labute approximate surface area is 118 Å². The average Bonchev–Trinajstić information content (AvgIpc) is 2.88. The highest BCUT2D eigenvalue weighted by molar-refractivity contribution is 5.94. The number of nitrogens with zero attached hydrogens (tertiary/aromatic N) is 1. The zero-order chi connectivity index (χ0) is 14.4. The third-order valence-electron chi connectivity index (χ3n) is 2.94. The highest BCUT2D eigenvalue weighted by atomic mass is 16.5. The Morgan fingerprint density at radius 1 is 1.45 bits per heavy atom. The molecule has 1 aromatic carbocycles. The molecule has 0 saturated heterocycles.